The molecule has 4 nitrogen and oxygen atoms in total. The fourth-order valence-corrected chi connectivity index (χ4v) is 1.73. The van der Waals surface area contributed by atoms with Crippen molar-refractivity contribution < 1.29 is 19.0 Å². The molecule has 0 saturated heterocycles. The number of benzene rings is 1. The lowest BCUT2D eigenvalue weighted by molar-refractivity contribution is 0.0692. The maximum Gasteiger partial charge on any atom is 0.338 e. The first kappa shape index (κ1) is 11.5. The van der Waals surface area contributed by atoms with Crippen molar-refractivity contribution in [2.75, 3.05) is 0 Å². The van der Waals surface area contributed by atoms with E-state index in [-0.39, 0.29) is 12.2 Å². The Morgan fingerprint density at radius 3 is 2.94 bits per heavy atom. The number of aromatic carboxylic acids is 1. The van der Waals surface area contributed by atoms with Crippen molar-refractivity contribution >= 4 is 17.3 Å². The average Bonchev–Trinajstić information content (AvgIpc) is 2.78. The van der Waals surface area contributed by atoms with Crippen LogP contribution in [0.15, 0.2) is 29.9 Å². The van der Waals surface area contributed by atoms with E-state index in [9.17, 15) is 9.18 Å². The highest BCUT2D eigenvalue weighted by atomic mass is 32.1. The van der Waals surface area contributed by atoms with Crippen molar-refractivity contribution in [3.05, 3.63) is 46.2 Å². The largest absolute Gasteiger partial charge is 0.488 e. The Morgan fingerprint density at radius 2 is 2.35 bits per heavy atom. The van der Waals surface area contributed by atoms with Crippen LogP contribution in [0.25, 0.3) is 0 Å². The van der Waals surface area contributed by atoms with Gasteiger partial charge in [-0.25, -0.2) is 9.18 Å². The van der Waals surface area contributed by atoms with E-state index >= 15 is 0 Å². The van der Waals surface area contributed by atoms with Gasteiger partial charge >= 0.3 is 5.97 Å². The van der Waals surface area contributed by atoms with Gasteiger partial charge in [-0.15, -0.1) is 11.3 Å². The molecule has 0 amide bonds. The summed E-state index contributed by atoms with van der Waals surface area (Å²) in [6.07, 6.45) is 1.66. The SMILES string of the molecule is O=C(O)c1ccc(OCc2cncs2)cc1F. The van der Waals surface area contributed by atoms with Gasteiger partial charge in [0.05, 0.1) is 16.0 Å². The fourth-order valence-electron chi connectivity index (χ4n) is 1.23. The van der Waals surface area contributed by atoms with Gasteiger partial charge in [0.15, 0.2) is 0 Å². The van der Waals surface area contributed by atoms with Crippen LogP contribution < -0.4 is 4.74 Å². The fraction of sp³-hybridized carbons (Fsp3) is 0.0909. The van der Waals surface area contributed by atoms with Crippen molar-refractivity contribution in [1.82, 2.24) is 4.98 Å². The zero-order chi connectivity index (χ0) is 12.3. The molecule has 0 aliphatic rings. The van der Waals surface area contributed by atoms with Crippen LogP contribution in [0, 0.1) is 5.82 Å². The van der Waals surface area contributed by atoms with Gasteiger partial charge in [0.25, 0.3) is 0 Å². The maximum absolute atomic E-state index is 13.3. The Kier molecular flexibility index (Phi) is 3.34. The lowest BCUT2D eigenvalue weighted by Crippen LogP contribution is -2.01. The predicted molar refractivity (Wildman–Crippen MR) is 59.8 cm³/mol. The molecular formula is C11H8FNO3S. The molecule has 0 bridgehead atoms. The minimum Gasteiger partial charge on any atom is -0.488 e. The van der Waals surface area contributed by atoms with Gasteiger partial charge in [0, 0.05) is 12.3 Å². The quantitative estimate of drug-likeness (QED) is 0.909. The number of carboxylic acid groups (broad SMARTS) is 1. The summed E-state index contributed by atoms with van der Waals surface area (Å²) in [7, 11) is 0. The molecule has 6 heteroatoms. The van der Waals surface area contributed by atoms with E-state index in [0.717, 1.165) is 10.9 Å². The van der Waals surface area contributed by atoms with Crippen molar-refractivity contribution in [2.45, 2.75) is 6.61 Å². The van der Waals surface area contributed by atoms with Crippen LogP contribution in [0.1, 0.15) is 15.2 Å². The van der Waals surface area contributed by atoms with Crippen molar-refractivity contribution in [3.8, 4) is 5.75 Å². The van der Waals surface area contributed by atoms with Gasteiger partial charge in [-0.2, -0.15) is 0 Å². The predicted octanol–water partition coefficient (Wildman–Crippen LogP) is 2.56. The summed E-state index contributed by atoms with van der Waals surface area (Å²) in [6.45, 7) is 0.288. The smallest absolute Gasteiger partial charge is 0.338 e. The Balaban J connectivity index is 2.07. The third-order valence-electron chi connectivity index (χ3n) is 2.04. The van der Waals surface area contributed by atoms with Gasteiger partial charge in [-0.3, -0.25) is 4.98 Å². The number of carbonyl (C=O) groups is 1. The molecule has 0 unspecified atom stereocenters. The Morgan fingerprint density at radius 1 is 1.53 bits per heavy atom. The van der Waals surface area contributed by atoms with Crippen molar-refractivity contribution in [1.29, 1.82) is 0 Å². The van der Waals surface area contributed by atoms with E-state index in [4.69, 9.17) is 9.84 Å². The van der Waals surface area contributed by atoms with Gasteiger partial charge in [0.1, 0.15) is 18.2 Å². The molecule has 0 aliphatic carbocycles. The maximum atomic E-state index is 13.3. The summed E-state index contributed by atoms with van der Waals surface area (Å²) in [5.41, 5.74) is 1.31. The van der Waals surface area contributed by atoms with Crippen LogP contribution in [-0.4, -0.2) is 16.1 Å². The Bertz CT molecular complexity index is 528. The molecule has 1 heterocycles. The molecule has 0 atom stereocenters. The summed E-state index contributed by atoms with van der Waals surface area (Å²) < 4.78 is 18.6. The molecule has 17 heavy (non-hydrogen) atoms. The van der Waals surface area contributed by atoms with E-state index in [0.29, 0.717) is 5.75 Å². The Labute approximate surface area is 100 Å². The van der Waals surface area contributed by atoms with E-state index in [1.807, 2.05) is 0 Å². The van der Waals surface area contributed by atoms with Crippen molar-refractivity contribution in [3.63, 3.8) is 0 Å². The molecule has 1 aromatic carbocycles. The number of carboxylic acids is 1. The van der Waals surface area contributed by atoms with Crippen LogP contribution in [0.5, 0.6) is 5.75 Å². The molecule has 0 saturated carbocycles. The van der Waals surface area contributed by atoms with Crippen LogP contribution >= 0.6 is 11.3 Å². The van der Waals surface area contributed by atoms with E-state index in [1.165, 1.54) is 23.5 Å². The topological polar surface area (TPSA) is 59.4 Å². The first-order valence-electron chi connectivity index (χ1n) is 4.70. The first-order valence-corrected chi connectivity index (χ1v) is 5.58. The van der Waals surface area contributed by atoms with E-state index in [1.54, 1.807) is 11.7 Å². The first-order chi connectivity index (χ1) is 8.16. The normalized spacial score (nSPS) is 10.2. The summed E-state index contributed by atoms with van der Waals surface area (Å²) in [5.74, 6) is -1.81. The number of thiazole rings is 1. The summed E-state index contributed by atoms with van der Waals surface area (Å²) in [5, 5.41) is 8.65. The zero-order valence-electron chi connectivity index (χ0n) is 8.59. The van der Waals surface area contributed by atoms with Gasteiger partial charge in [-0.1, -0.05) is 0 Å². The molecule has 88 valence electrons. The highest BCUT2D eigenvalue weighted by Crippen LogP contribution is 2.18. The summed E-state index contributed by atoms with van der Waals surface area (Å²) in [6, 6.07) is 3.66. The summed E-state index contributed by atoms with van der Waals surface area (Å²) in [4.78, 5) is 15.4. The molecule has 1 aromatic heterocycles. The minimum absolute atomic E-state index is 0.288. The highest BCUT2D eigenvalue weighted by molar-refractivity contribution is 7.09. The third-order valence-corrected chi connectivity index (χ3v) is 2.79. The van der Waals surface area contributed by atoms with Crippen molar-refractivity contribution in [2.24, 2.45) is 0 Å². The molecule has 2 aromatic rings. The average molecular weight is 253 g/mol. The number of hydrogen-bond donors (Lipinski definition) is 1. The van der Waals surface area contributed by atoms with Crippen LogP contribution in [0.4, 0.5) is 4.39 Å². The molecule has 0 spiro atoms. The van der Waals surface area contributed by atoms with Gasteiger partial charge < -0.3 is 9.84 Å². The molecule has 0 radical (unpaired) electrons. The molecule has 0 fully saturated rings. The van der Waals surface area contributed by atoms with Crippen LogP contribution in [0.3, 0.4) is 0 Å². The van der Waals surface area contributed by atoms with E-state index < -0.39 is 11.8 Å². The molecule has 0 aliphatic heterocycles. The lowest BCUT2D eigenvalue weighted by Gasteiger charge is -2.05. The second-order valence-corrected chi connectivity index (χ2v) is 4.17. The monoisotopic (exact) mass is 253 g/mol. The number of hydrogen-bond acceptors (Lipinski definition) is 4. The Hall–Kier alpha value is -1.95. The molecule has 1 N–H and O–H groups in total. The standard InChI is InChI=1S/C11H8FNO3S/c12-10-3-7(1-2-9(10)11(14)15)16-5-8-4-13-6-17-8/h1-4,6H,5H2,(H,14,15). The van der Waals surface area contributed by atoms with Crippen LogP contribution in [0.2, 0.25) is 0 Å². The third kappa shape index (κ3) is 2.79. The minimum atomic E-state index is -1.29. The number of rotatable bonds is 4. The number of halogens is 1. The molecule has 2 rings (SSSR count). The second kappa shape index (κ2) is 4.92. The number of ether oxygens (including phenoxy) is 1. The van der Waals surface area contributed by atoms with Gasteiger partial charge in [-0.05, 0) is 12.1 Å². The summed E-state index contributed by atoms with van der Waals surface area (Å²) >= 11 is 1.43. The molecular weight excluding hydrogens is 245 g/mol. The second-order valence-electron chi connectivity index (χ2n) is 3.20. The number of aromatic nitrogens is 1. The van der Waals surface area contributed by atoms with E-state index in [2.05, 4.69) is 4.98 Å². The lowest BCUT2D eigenvalue weighted by atomic mass is 10.2. The zero-order valence-corrected chi connectivity index (χ0v) is 9.41. The van der Waals surface area contributed by atoms with Crippen LogP contribution in [-0.2, 0) is 6.61 Å². The highest BCUT2D eigenvalue weighted by Gasteiger charge is 2.10. The van der Waals surface area contributed by atoms with Gasteiger partial charge in [0.2, 0.25) is 0 Å². The number of nitrogens with zero attached hydrogens (tertiary/aromatic N) is 1.